The summed E-state index contributed by atoms with van der Waals surface area (Å²) in [5, 5.41) is 11.6. The van der Waals surface area contributed by atoms with Gasteiger partial charge in [0.15, 0.2) is 0 Å². The normalized spacial score (nSPS) is 20.4. The number of carbonyl (C=O) groups is 1. The highest BCUT2D eigenvalue weighted by Crippen LogP contribution is 2.17. The number of piperazine rings is 1. The minimum absolute atomic E-state index is 0.372. The van der Waals surface area contributed by atoms with Gasteiger partial charge in [-0.1, -0.05) is 0 Å². The predicted molar refractivity (Wildman–Crippen MR) is 64.0 cm³/mol. The second-order valence-corrected chi connectivity index (χ2v) is 4.70. The minimum Gasteiger partial charge on any atom is -0.480 e. The van der Waals surface area contributed by atoms with Crippen molar-refractivity contribution in [2.75, 3.05) is 46.3 Å². The monoisotopic (exact) mass is 283 g/mol. The topological polar surface area (TPSA) is 55.8 Å². The first kappa shape index (κ1) is 16.2. The van der Waals surface area contributed by atoms with Gasteiger partial charge in [-0.25, -0.2) is 0 Å². The van der Waals surface area contributed by atoms with E-state index < -0.39 is 24.7 Å². The fraction of sp³-hybridized carbons (Fsp3) is 0.909. The Bertz CT molecular complexity index is 291. The van der Waals surface area contributed by atoms with Gasteiger partial charge in [-0.2, -0.15) is 13.2 Å². The van der Waals surface area contributed by atoms with Crippen LogP contribution in [0, 0.1) is 0 Å². The predicted octanol–water partition coefficient (Wildman–Crippen LogP) is 0.229. The van der Waals surface area contributed by atoms with Crippen LogP contribution < -0.4 is 5.32 Å². The lowest BCUT2D eigenvalue weighted by molar-refractivity contribution is -0.149. The van der Waals surface area contributed by atoms with E-state index in [2.05, 4.69) is 5.32 Å². The molecular weight excluding hydrogens is 263 g/mol. The lowest BCUT2D eigenvalue weighted by Gasteiger charge is -2.35. The number of alkyl halides is 3. The first-order valence-electron chi connectivity index (χ1n) is 6.23. The Balaban J connectivity index is 2.25. The number of halogens is 3. The van der Waals surface area contributed by atoms with Crippen molar-refractivity contribution >= 4 is 5.97 Å². The SMILES string of the molecule is CNC(CCN1CCN(CC(F)(F)F)CC1)C(=O)O. The van der Waals surface area contributed by atoms with Crippen LogP contribution in [0.25, 0.3) is 0 Å². The average molecular weight is 283 g/mol. The quantitative estimate of drug-likeness (QED) is 0.731. The van der Waals surface area contributed by atoms with E-state index in [1.54, 1.807) is 7.05 Å². The lowest BCUT2D eigenvalue weighted by atomic mass is 10.2. The zero-order valence-corrected chi connectivity index (χ0v) is 10.9. The summed E-state index contributed by atoms with van der Waals surface area (Å²) >= 11 is 0. The summed E-state index contributed by atoms with van der Waals surface area (Å²) in [5.74, 6) is -0.904. The summed E-state index contributed by atoms with van der Waals surface area (Å²) in [6, 6.07) is -0.604. The summed E-state index contributed by atoms with van der Waals surface area (Å²) in [4.78, 5) is 14.2. The molecule has 0 aromatic rings. The number of rotatable bonds is 6. The third kappa shape index (κ3) is 6.22. The van der Waals surface area contributed by atoms with Crippen LogP contribution in [0.1, 0.15) is 6.42 Å². The van der Waals surface area contributed by atoms with Crippen LogP contribution >= 0.6 is 0 Å². The number of nitrogens with one attached hydrogen (secondary N) is 1. The fourth-order valence-corrected chi connectivity index (χ4v) is 2.13. The molecule has 1 aliphatic rings. The van der Waals surface area contributed by atoms with E-state index in [0.29, 0.717) is 39.1 Å². The molecule has 1 rings (SSSR count). The van der Waals surface area contributed by atoms with E-state index in [-0.39, 0.29) is 0 Å². The van der Waals surface area contributed by atoms with E-state index in [1.165, 1.54) is 4.90 Å². The molecule has 0 saturated carbocycles. The van der Waals surface area contributed by atoms with Gasteiger partial charge in [0.2, 0.25) is 0 Å². The van der Waals surface area contributed by atoms with Gasteiger partial charge in [0.1, 0.15) is 6.04 Å². The second-order valence-electron chi connectivity index (χ2n) is 4.70. The minimum atomic E-state index is -4.15. The van der Waals surface area contributed by atoms with E-state index >= 15 is 0 Å². The van der Waals surface area contributed by atoms with E-state index in [4.69, 9.17) is 5.11 Å². The molecule has 112 valence electrons. The van der Waals surface area contributed by atoms with Crippen LogP contribution in [0.15, 0.2) is 0 Å². The molecule has 1 saturated heterocycles. The van der Waals surface area contributed by atoms with Crippen LogP contribution in [0.3, 0.4) is 0 Å². The maximum atomic E-state index is 12.2. The summed E-state index contributed by atoms with van der Waals surface area (Å²) < 4.78 is 36.6. The number of hydrogen-bond acceptors (Lipinski definition) is 4. The Hall–Kier alpha value is -0.860. The average Bonchev–Trinajstić information content (AvgIpc) is 2.29. The Morgan fingerprint density at radius 2 is 1.79 bits per heavy atom. The Morgan fingerprint density at radius 1 is 1.26 bits per heavy atom. The first-order chi connectivity index (χ1) is 8.81. The number of carboxylic acids is 1. The highest BCUT2D eigenvalue weighted by molar-refractivity contribution is 5.73. The fourth-order valence-electron chi connectivity index (χ4n) is 2.13. The van der Waals surface area contributed by atoms with Crippen molar-refractivity contribution in [3.8, 4) is 0 Å². The number of aliphatic carboxylic acids is 1. The molecule has 0 aromatic carbocycles. The molecule has 1 aliphatic heterocycles. The van der Waals surface area contributed by atoms with Crippen LogP contribution in [-0.4, -0.2) is 79.4 Å². The number of likely N-dealkylation sites (N-methyl/N-ethyl adjacent to an activating group) is 1. The maximum absolute atomic E-state index is 12.2. The second kappa shape index (κ2) is 7.06. The zero-order chi connectivity index (χ0) is 14.5. The zero-order valence-electron chi connectivity index (χ0n) is 10.9. The van der Waals surface area contributed by atoms with Crippen LogP contribution in [0.4, 0.5) is 13.2 Å². The maximum Gasteiger partial charge on any atom is 0.401 e. The molecule has 0 aromatic heterocycles. The van der Waals surface area contributed by atoms with Gasteiger partial charge in [0.25, 0.3) is 0 Å². The number of carboxylic acid groups (broad SMARTS) is 1. The molecule has 1 atom stereocenters. The van der Waals surface area contributed by atoms with Gasteiger partial charge in [0, 0.05) is 32.7 Å². The van der Waals surface area contributed by atoms with Gasteiger partial charge in [-0.3, -0.25) is 9.69 Å². The first-order valence-corrected chi connectivity index (χ1v) is 6.23. The van der Waals surface area contributed by atoms with Gasteiger partial charge in [-0.15, -0.1) is 0 Å². The molecule has 0 bridgehead atoms. The van der Waals surface area contributed by atoms with Crippen LogP contribution in [0.5, 0.6) is 0 Å². The van der Waals surface area contributed by atoms with Crippen LogP contribution in [-0.2, 0) is 4.79 Å². The van der Waals surface area contributed by atoms with Crippen molar-refractivity contribution in [3.05, 3.63) is 0 Å². The van der Waals surface area contributed by atoms with E-state index in [1.807, 2.05) is 4.90 Å². The molecule has 1 heterocycles. The summed E-state index contributed by atoms with van der Waals surface area (Å²) in [7, 11) is 1.58. The van der Waals surface area contributed by atoms with E-state index in [9.17, 15) is 18.0 Å². The Labute approximate surface area is 110 Å². The molecule has 0 amide bonds. The van der Waals surface area contributed by atoms with Gasteiger partial charge in [0.05, 0.1) is 6.54 Å². The third-order valence-corrected chi connectivity index (χ3v) is 3.25. The molecule has 1 fully saturated rings. The molecular formula is C11H20F3N3O2. The summed E-state index contributed by atoms with van der Waals surface area (Å²) in [6.45, 7) is 1.55. The summed E-state index contributed by atoms with van der Waals surface area (Å²) in [5.41, 5.74) is 0. The standard InChI is InChI=1S/C11H20F3N3O2/c1-15-9(10(18)19)2-3-16-4-6-17(7-5-16)8-11(12,13)14/h9,15H,2-8H2,1H3,(H,18,19). The Kier molecular flexibility index (Phi) is 6.02. The molecule has 0 aliphatic carbocycles. The summed E-state index contributed by atoms with van der Waals surface area (Å²) in [6.07, 6.45) is -3.70. The molecule has 0 radical (unpaired) electrons. The Morgan fingerprint density at radius 3 is 2.21 bits per heavy atom. The van der Waals surface area contributed by atoms with Crippen molar-refractivity contribution in [1.29, 1.82) is 0 Å². The molecule has 8 heteroatoms. The smallest absolute Gasteiger partial charge is 0.401 e. The van der Waals surface area contributed by atoms with Gasteiger partial charge < -0.3 is 15.3 Å². The van der Waals surface area contributed by atoms with Crippen molar-refractivity contribution in [2.45, 2.75) is 18.6 Å². The molecule has 1 unspecified atom stereocenters. The highest BCUT2D eigenvalue weighted by Gasteiger charge is 2.32. The van der Waals surface area contributed by atoms with Crippen molar-refractivity contribution in [3.63, 3.8) is 0 Å². The third-order valence-electron chi connectivity index (χ3n) is 3.25. The van der Waals surface area contributed by atoms with E-state index in [0.717, 1.165) is 0 Å². The van der Waals surface area contributed by atoms with Crippen LogP contribution in [0.2, 0.25) is 0 Å². The molecule has 2 N–H and O–H groups in total. The van der Waals surface area contributed by atoms with Crippen molar-refractivity contribution < 1.29 is 23.1 Å². The van der Waals surface area contributed by atoms with Gasteiger partial charge >= 0.3 is 12.1 Å². The molecule has 19 heavy (non-hydrogen) atoms. The largest absolute Gasteiger partial charge is 0.480 e. The highest BCUT2D eigenvalue weighted by atomic mass is 19.4. The molecule has 0 spiro atoms. The number of nitrogens with zero attached hydrogens (tertiary/aromatic N) is 2. The molecule has 5 nitrogen and oxygen atoms in total. The lowest BCUT2D eigenvalue weighted by Crippen LogP contribution is -2.50. The van der Waals surface area contributed by atoms with Crippen molar-refractivity contribution in [2.24, 2.45) is 0 Å². The van der Waals surface area contributed by atoms with Crippen molar-refractivity contribution in [1.82, 2.24) is 15.1 Å². The van der Waals surface area contributed by atoms with Gasteiger partial charge in [-0.05, 0) is 13.5 Å². The number of hydrogen-bond donors (Lipinski definition) is 2.